The van der Waals surface area contributed by atoms with Crippen LogP contribution in [0.1, 0.15) is 6.42 Å². The third-order valence-electron chi connectivity index (χ3n) is 4.03. The Morgan fingerprint density at radius 1 is 1.18 bits per heavy atom. The predicted octanol–water partition coefficient (Wildman–Crippen LogP) is 2.84. The van der Waals surface area contributed by atoms with E-state index in [1.54, 1.807) is 18.2 Å². The number of amidine groups is 1. The summed E-state index contributed by atoms with van der Waals surface area (Å²) in [7, 11) is 0. The van der Waals surface area contributed by atoms with Crippen molar-refractivity contribution in [3.63, 3.8) is 0 Å². The summed E-state index contributed by atoms with van der Waals surface area (Å²) in [4.78, 5) is 28.7. The normalized spacial score (nSPS) is 19.4. The minimum Gasteiger partial charge on any atom is -0.486 e. The number of ether oxygens (including phenoxy) is 2. The first-order valence-corrected chi connectivity index (χ1v) is 9.46. The Balaban J connectivity index is 1.38. The molecule has 0 bridgehead atoms. The molecule has 1 saturated heterocycles. The van der Waals surface area contributed by atoms with E-state index >= 15 is 0 Å². The van der Waals surface area contributed by atoms with Crippen LogP contribution in [0.3, 0.4) is 0 Å². The van der Waals surface area contributed by atoms with Crippen LogP contribution in [0, 0.1) is 5.82 Å². The number of rotatable bonds is 4. The fourth-order valence-electron chi connectivity index (χ4n) is 2.72. The third-order valence-corrected chi connectivity index (χ3v) is 5.11. The van der Waals surface area contributed by atoms with Gasteiger partial charge in [0, 0.05) is 18.2 Å². The van der Waals surface area contributed by atoms with Crippen molar-refractivity contribution in [3.8, 4) is 11.5 Å². The zero-order chi connectivity index (χ0) is 19.5. The monoisotopic (exact) mass is 401 g/mol. The summed E-state index contributed by atoms with van der Waals surface area (Å²) in [5, 5.41) is 5.16. The number of nitrogens with zero attached hydrogens (tertiary/aromatic N) is 1. The van der Waals surface area contributed by atoms with E-state index in [1.807, 2.05) is 0 Å². The Bertz CT molecular complexity index is 949. The Labute approximate surface area is 164 Å². The average Bonchev–Trinajstić information content (AvgIpc) is 3.02. The van der Waals surface area contributed by atoms with Gasteiger partial charge in [0.25, 0.3) is 0 Å². The molecule has 9 heteroatoms. The largest absolute Gasteiger partial charge is 0.486 e. The minimum absolute atomic E-state index is 0.0198. The quantitative estimate of drug-likeness (QED) is 0.823. The molecule has 0 saturated carbocycles. The number of halogens is 1. The molecule has 144 valence electrons. The van der Waals surface area contributed by atoms with Crippen molar-refractivity contribution >= 4 is 40.1 Å². The van der Waals surface area contributed by atoms with Crippen LogP contribution in [0.4, 0.5) is 15.8 Å². The molecule has 2 aromatic carbocycles. The van der Waals surface area contributed by atoms with Crippen molar-refractivity contribution in [2.24, 2.45) is 4.99 Å². The molecule has 0 aromatic heterocycles. The first kappa shape index (κ1) is 18.3. The van der Waals surface area contributed by atoms with E-state index in [1.165, 1.54) is 36.0 Å². The van der Waals surface area contributed by atoms with Gasteiger partial charge in [-0.25, -0.2) is 9.38 Å². The molecule has 1 atom stereocenters. The highest BCUT2D eigenvalue weighted by molar-refractivity contribution is 8.15. The van der Waals surface area contributed by atoms with Crippen LogP contribution >= 0.6 is 11.8 Å². The molecule has 2 amide bonds. The Kier molecular flexibility index (Phi) is 5.16. The highest BCUT2D eigenvalue weighted by Gasteiger charge is 2.32. The lowest BCUT2D eigenvalue weighted by Gasteiger charge is -2.18. The molecule has 0 aliphatic carbocycles. The van der Waals surface area contributed by atoms with E-state index in [4.69, 9.17) is 9.47 Å². The Morgan fingerprint density at radius 3 is 2.71 bits per heavy atom. The van der Waals surface area contributed by atoms with Crippen molar-refractivity contribution in [1.29, 1.82) is 0 Å². The second-order valence-electron chi connectivity index (χ2n) is 6.10. The van der Waals surface area contributed by atoms with Gasteiger partial charge in [0.15, 0.2) is 16.7 Å². The highest BCUT2D eigenvalue weighted by atomic mass is 32.2. The summed E-state index contributed by atoms with van der Waals surface area (Å²) < 4.78 is 23.9. The molecule has 2 N–H and O–H groups in total. The molecule has 2 aliphatic rings. The maximum Gasteiger partial charge on any atom is 0.240 e. The summed E-state index contributed by atoms with van der Waals surface area (Å²) in [6, 6.07) is 10.7. The number of carbonyl (C=O) groups is 2. The van der Waals surface area contributed by atoms with Crippen LogP contribution in [0.2, 0.25) is 0 Å². The van der Waals surface area contributed by atoms with Gasteiger partial charge >= 0.3 is 0 Å². The van der Waals surface area contributed by atoms with Crippen molar-refractivity contribution < 1.29 is 23.5 Å². The van der Waals surface area contributed by atoms with Crippen LogP contribution in [0.15, 0.2) is 47.5 Å². The van der Waals surface area contributed by atoms with Gasteiger partial charge in [-0.2, -0.15) is 0 Å². The Hall–Kier alpha value is -3.07. The maximum atomic E-state index is 12.9. The summed E-state index contributed by atoms with van der Waals surface area (Å²) >= 11 is 1.19. The summed E-state index contributed by atoms with van der Waals surface area (Å²) in [6.07, 6.45) is -0.0198. The predicted molar refractivity (Wildman–Crippen MR) is 104 cm³/mol. The number of hydrogen-bond acceptors (Lipinski definition) is 6. The number of amides is 2. The highest BCUT2D eigenvalue weighted by Crippen LogP contribution is 2.34. The molecule has 0 radical (unpaired) electrons. The van der Waals surface area contributed by atoms with Crippen LogP contribution in [-0.4, -0.2) is 35.4 Å². The zero-order valence-corrected chi connectivity index (χ0v) is 15.4. The molecular formula is C19H16FN3O4S. The van der Waals surface area contributed by atoms with E-state index in [-0.39, 0.29) is 24.1 Å². The number of nitrogens with one attached hydrogen (secondary N) is 2. The molecule has 1 unspecified atom stereocenters. The van der Waals surface area contributed by atoms with Gasteiger partial charge in [-0.05, 0) is 36.4 Å². The van der Waals surface area contributed by atoms with Crippen molar-refractivity contribution in [2.75, 3.05) is 18.5 Å². The molecular weight excluding hydrogens is 385 g/mol. The van der Waals surface area contributed by atoms with Gasteiger partial charge in [0.2, 0.25) is 11.8 Å². The topological polar surface area (TPSA) is 89.0 Å². The van der Waals surface area contributed by atoms with Crippen molar-refractivity contribution in [3.05, 3.63) is 48.3 Å². The number of aliphatic imine (C=N–C) groups is 1. The van der Waals surface area contributed by atoms with Gasteiger partial charge in [-0.3, -0.25) is 9.59 Å². The molecule has 7 nitrogen and oxygen atoms in total. The first-order chi connectivity index (χ1) is 13.6. The SMILES string of the molecule is O=C(CC1SC(=Nc2ccc3c(c2)OCCO3)NC1=O)Nc1ccc(F)cc1. The van der Waals surface area contributed by atoms with E-state index in [9.17, 15) is 14.0 Å². The van der Waals surface area contributed by atoms with Crippen molar-refractivity contribution in [2.45, 2.75) is 11.7 Å². The van der Waals surface area contributed by atoms with Gasteiger partial charge in [0.1, 0.15) is 24.3 Å². The van der Waals surface area contributed by atoms with E-state index < -0.39 is 5.25 Å². The molecule has 0 spiro atoms. The van der Waals surface area contributed by atoms with E-state index in [2.05, 4.69) is 15.6 Å². The lowest BCUT2D eigenvalue weighted by atomic mass is 10.2. The van der Waals surface area contributed by atoms with E-state index in [0.29, 0.717) is 41.3 Å². The number of fused-ring (bicyclic) bond motifs is 1. The number of anilines is 1. The molecule has 1 fully saturated rings. The first-order valence-electron chi connectivity index (χ1n) is 8.58. The summed E-state index contributed by atoms with van der Waals surface area (Å²) in [5.74, 6) is 0.269. The lowest BCUT2D eigenvalue weighted by Crippen LogP contribution is -2.28. The lowest BCUT2D eigenvalue weighted by molar-refractivity contribution is -0.122. The smallest absolute Gasteiger partial charge is 0.240 e. The standard InChI is InChI=1S/C19H16FN3O4S/c20-11-1-3-12(4-2-11)21-17(24)10-16-18(25)23-19(28-16)22-13-5-6-14-15(9-13)27-8-7-26-14/h1-6,9,16H,7-8,10H2,(H,21,24)(H,22,23,25). The van der Waals surface area contributed by atoms with Crippen LogP contribution in [0.25, 0.3) is 0 Å². The van der Waals surface area contributed by atoms with Crippen LogP contribution in [0.5, 0.6) is 11.5 Å². The summed E-state index contributed by atoms with van der Waals surface area (Å²) in [6.45, 7) is 0.984. The van der Waals surface area contributed by atoms with Gasteiger partial charge < -0.3 is 20.1 Å². The molecule has 2 aliphatic heterocycles. The third kappa shape index (κ3) is 4.25. The second-order valence-corrected chi connectivity index (χ2v) is 7.29. The van der Waals surface area contributed by atoms with Crippen LogP contribution < -0.4 is 20.1 Å². The fourth-order valence-corrected chi connectivity index (χ4v) is 3.71. The zero-order valence-electron chi connectivity index (χ0n) is 14.6. The van der Waals surface area contributed by atoms with Crippen LogP contribution in [-0.2, 0) is 9.59 Å². The maximum absolute atomic E-state index is 12.9. The Morgan fingerprint density at radius 2 is 1.93 bits per heavy atom. The number of benzene rings is 2. The molecule has 28 heavy (non-hydrogen) atoms. The average molecular weight is 401 g/mol. The van der Waals surface area contributed by atoms with Crippen molar-refractivity contribution in [1.82, 2.24) is 5.32 Å². The number of thioether (sulfide) groups is 1. The summed E-state index contributed by atoms with van der Waals surface area (Å²) in [5.41, 5.74) is 1.09. The van der Waals surface area contributed by atoms with E-state index in [0.717, 1.165) is 0 Å². The molecule has 4 rings (SSSR count). The fraction of sp³-hybridized carbons (Fsp3) is 0.211. The number of carbonyl (C=O) groups excluding carboxylic acids is 2. The van der Waals surface area contributed by atoms with Gasteiger partial charge in [0.05, 0.1) is 5.69 Å². The minimum atomic E-state index is -0.587. The number of hydrogen-bond donors (Lipinski definition) is 2. The van der Waals surface area contributed by atoms with Gasteiger partial charge in [-0.1, -0.05) is 11.8 Å². The molecule has 2 aromatic rings. The second kappa shape index (κ2) is 7.89. The van der Waals surface area contributed by atoms with Gasteiger partial charge in [-0.15, -0.1) is 0 Å². The molecule has 2 heterocycles.